The summed E-state index contributed by atoms with van der Waals surface area (Å²) >= 11 is 21.6. The van der Waals surface area contributed by atoms with Crippen LogP contribution in [0.1, 0.15) is 40.7 Å². The van der Waals surface area contributed by atoms with Gasteiger partial charge in [-0.05, 0) is 47.1 Å². The van der Waals surface area contributed by atoms with Crippen LogP contribution in [-0.2, 0) is 0 Å². The number of halogens is 10. The lowest BCUT2D eigenvalue weighted by Crippen LogP contribution is -2.19. The molecule has 0 heterocycles. The van der Waals surface area contributed by atoms with Crippen LogP contribution in [0.3, 0.4) is 0 Å². The molecule has 0 saturated carbocycles. The third-order valence-electron chi connectivity index (χ3n) is 4.69. The third-order valence-corrected chi connectivity index (χ3v) is 7.88. The summed E-state index contributed by atoms with van der Waals surface area (Å²) in [7, 11) is 0. The molecule has 0 saturated heterocycles. The Morgan fingerprint density at radius 1 is 1.06 bits per heavy atom. The van der Waals surface area contributed by atoms with E-state index in [1.807, 2.05) is 0 Å². The maximum atomic E-state index is 13.7. The number of carbonyl (C=O) groups excluding carboxylic acids is 1. The minimum Gasteiger partial charge on any atom is -0.294 e. The van der Waals surface area contributed by atoms with E-state index in [0.29, 0.717) is 27.4 Å². The predicted octanol–water partition coefficient (Wildman–Crippen LogP) is 10.3. The highest BCUT2D eigenvalue weighted by Crippen LogP contribution is 2.41. The summed E-state index contributed by atoms with van der Waals surface area (Å²) in [5, 5.41) is -0.249. The minimum atomic E-state index is -4.63. The largest absolute Gasteiger partial charge is 0.399 e. The van der Waals surface area contributed by atoms with E-state index in [1.165, 1.54) is 24.3 Å². The van der Waals surface area contributed by atoms with Gasteiger partial charge in [0.15, 0.2) is 5.78 Å². The number of hydrogen-bond acceptors (Lipinski definition) is 2. The molecular formula is C23H18BrCl3F6OS. The van der Waals surface area contributed by atoms with Gasteiger partial charge in [0, 0.05) is 16.5 Å². The number of benzene rings is 2. The van der Waals surface area contributed by atoms with E-state index in [-0.39, 0.29) is 44.5 Å². The molecule has 0 aromatic heterocycles. The van der Waals surface area contributed by atoms with Gasteiger partial charge in [0.1, 0.15) is 0 Å². The summed E-state index contributed by atoms with van der Waals surface area (Å²) in [5.41, 5.74) is 0.498. The van der Waals surface area contributed by atoms with Crippen molar-refractivity contribution in [1.82, 2.24) is 0 Å². The van der Waals surface area contributed by atoms with Crippen LogP contribution in [0.5, 0.6) is 0 Å². The van der Waals surface area contributed by atoms with Gasteiger partial charge in [0.2, 0.25) is 0 Å². The molecule has 0 spiro atoms. The van der Waals surface area contributed by atoms with Gasteiger partial charge in [0.05, 0.1) is 26.7 Å². The number of hydrogen-bond donors (Lipinski definition) is 0. The van der Waals surface area contributed by atoms with Crippen LogP contribution in [0.2, 0.25) is 15.1 Å². The number of thioether (sulfide) groups is 1. The van der Waals surface area contributed by atoms with Crippen molar-refractivity contribution < 1.29 is 31.1 Å². The molecule has 2 aromatic rings. The van der Waals surface area contributed by atoms with Gasteiger partial charge < -0.3 is 0 Å². The van der Waals surface area contributed by atoms with E-state index in [0.717, 1.165) is 18.2 Å². The summed E-state index contributed by atoms with van der Waals surface area (Å²) in [6.45, 7) is 1.68. The summed E-state index contributed by atoms with van der Waals surface area (Å²) in [6.07, 6.45) is -6.67. The van der Waals surface area contributed by atoms with Crippen LogP contribution in [0, 0.1) is 5.92 Å². The van der Waals surface area contributed by atoms with E-state index in [1.54, 1.807) is 6.92 Å². The highest BCUT2D eigenvalue weighted by molar-refractivity contribution is 9.10. The van der Waals surface area contributed by atoms with Crippen molar-refractivity contribution >= 4 is 74.4 Å². The summed E-state index contributed by atoms with van der Waals surface area (Å²) < 4.78 is 78.3. The maximum Gasteiger partial charge on any atom is 0.399 e. The van der Waals surface area contributed by atoms with Gasteiger partial charge in [-0.25, -0.2) is 0 Å². The van der Waals surface area contributed by atoms with Crippen LogP contribution in [-0.4, -0.2) is 29.6 Å². The van der Waals surface area contributed by atoms with Crippen molar-refractivity contribution in [2.45, 2.75) is 31.6 Å². The second-order valence-corrected chi connectivity index (χ2v) is 10.9. The zero-order valence-electron chi connectivity index (χ0n) is 17.9. The molecule has 1 nitrogen and oxygen atoms in total. The summed E-state index contributed by atoms with van der Waals surface area (Å²) in [4.78, 5) is 12.6. The molecule has 35 heavy (non-hydrogen) atoms. The fraction of sp³-hybridized carbons (Fsp3) is 0.348. The van der Waals surface area contributed by atoms with Crippen molar-refractivity contribution in [2.24, 2.45) is 5.92 Å². The lowest BCUT2D eigenvalue weighted by atomic mass is 9.96. The molecule has 2 aromatic carbocycles. The van der Waals surface area contributed by atoms with Crippen molar-refractivity contribution in [2.75, 3.05) is 11.5 Å². The van der Waals surface area contributed by atoms with E-state index < -0.39 is 24.0 Å². The van der Waals surface area contributed by atoms with Crippen molar-refractivity contribution in [1.29, 1.82) is 0 Å². The van der Waals surface area contributed by atoms with Crippen LogP contribution in [0.25, 0.3) is 6.08 Å². The summed E-state index contributed by atoms with van der Waals surface area (Å²) in [5.74, 6) is -3.40. The van der Waals surface area contributed by atoms with E-state index in [4.69, 9.17) is 34.8 Å². The SMILES string of the molecule is C[C@H](CSCC(F)(F)F)CC(=O)c1ccc(/C=C/C(c2cc(Cl)c(Cl)c(Cl)c2)C(F)(F)F)cc1Br. The molecule has 0 aliphatic heterocycles. The fourth-order valence-corrected chi connectivity index (χ4v) is 5.19. The second kappa shape index (κ2) is 12.6. The number of allylic oxidation sites excluding steroid dienone is 1. The van der Waals surface area contributed by atoms with Crippen molar-refractivity contribution in [3.63, 3.8) is 0 Å². The molecule has 12 heteroatoms. The molecule has 0 amide bonds. The Labute approximate surface area is 226 Å². The van der Waals surface area contributed by atoms with Crippen LogP contribution in [0.4, 0.5) is 26.3 Å². The first-order valence-electron chi connectivity index (χ1n) is 9.95. The van der Waals surface area contributed by atoms with Crippen LogP contribution < -0.4 is 0 Å². The Balaban J connectivity index is 2.16. The average Bonchev–Trinajstić information content (AvgIpc) is 2.70. The Morgan fingerprint density at radius 2 is 1.66 bits per heavy atom. The molecule has 2 rings (SSSR count). The number of Topliss-reactive ketones (excluding diaryl/α,β-unsaturated/α-hetero) is 1. The first-order chi connectivity index (χ1) is 16.1. The molecule has 0 fully saturated rings. The third kappa shape index (κ3) is 9.50. The normalized spacial score (nSPS) is 14.4. The summed E-state index contributed by atoms with van der Waals surface area (Å²) in [6, 6.07) is 6.63. The Kier molecular flexibility index (Phi) is 10.9. The maximum absolute atomic E-state index is 13.7. The number of alkyl halides is 6. The molecule has 0 N–H and O–H groups in total. The molecule has 0 radical (unpaired) electrons. The number of carbonyl (C=O) groups is 1. The standard InChI is InChI=1S/C23H18BrCl3F6OS/c1-12(10-35-11-22(28,29)30)6-20(34)15-4-2-13(7-17(15)24)3-5-16(23(31,32)33)14-8-18(25)21(27)19(26)9-14/h2-5,7-9,12,16H,6,10-11H2,1H3/b5-3+/t12-,16?/m0/s1. The molecule has 0 aliphatic rings. The van der Waals surface area contributed by atoms with Gasteiger partial charge in [-0.15, -0.1) is 0 Å². The smallest absolute Gasteiger partial charge is 0.294 e. The Hall–Kier alpha value is -0.870. The Morgan fingerprint density at radius 3 is 2.17 bits per heavy atom. The van der Waals surface area contributed by atoms with Gasteiger partial charge in [0.25, 0.3) is 0 Å². The highest BCUT2D eigenvalue weighted by Gasteiger charge is 2.39. The van der Waals surface area contributed by atoms with Gasteiger partial charge in [-0.1, -0.05) is 75.9 Å². The van der Waals surface area contributed by atoms with Crippen molar-refractivity contribution in [3.05, 3.63) is 72.6 Å². The lowest BCUT2D eigenvalue weighted by molar-refractivity contribution is -0.139. The zero-order valence-corrected chi connectivity index (χ0v) is 22.6. The molecule has 0 bridgehead atoms. The van der Waals surface area contributed by atoms with E-state index >= 15 is 0 Å². The van der Waals surface area contributed by atoms with E-state index in [2.05, 4.69) is 15.9 Å². The molecule has 0 aliphatic carbocycles. The van der Waals surface area contributed by atoms with Gasteiger partial charge in [-0.2, -0.15) is 38.1 Å². The second-order valence-electron chi connectivity index (χ2n) is 7.78. The minimum absolute atomic E-state index is 0.0346. The first kappa shape index (κ1) is 30.4. The average molecular weight is 643 g/mol. The quantitative estimate of drug-likeness (QED) is 0.154. The number of ketones is 1. The van der Waals surface area contributed by atoms with Crippen LogP contribution >= 0.6 is 62.5 Å². The van der Waals surface area contributed by atoms with Gasteiger partial charge >= 0.3 is 12.4 Å². The van der Waals surface area contributed by atoms with Crippen molar-refractivity contribution in [3.8, 4) is 0 Å². The topological polar surface area (TPSA) is 17.1 Å². The molecule has 192 valence electrons. The fourth-order valence-electron chi connectivity index (χ4n) is 3.09. The molecule has 2 atom stereocenters. The monoisotopic (exact) mass is 640 g/mol. The first-order valence-corrected chi connectivity index (χ1v) is 13.0. The van der Waals surface area contributed by atoms with E-state index in [9.17, 15) is 31.1 Å². The zero-order chi connectivity index (χ0) is 26.6. The van der Waals surface area contributed by atoms with Gasteiger partial charge in [-0.3, -0.25) is 4.79 Å². The highest BCUT2D eigenvalue weighted by atomic mass is 79.9. The molecular weight excluding hydrogens is 625 g/mol. The number of rotatable bonds is 9. The van der Waals surface area contributed by atoms with Crippen LogP contribution in [0.15, 0.2) is 40.9 Å². The Bertz CT molecular complexity index is 1060. The predicted molar refractivity (Wildman–Crippen MR) is 135 cm³/mol. The lowest BCUT2D eigenvalue weighted by Gasteiger charge is -2.18. The molecule has 1 unspecified atom stereocenters.